The zero-order chi connectivity index (χ0) is 11.0. The van der Waals surface area contributed by atoms with Crippen LogP contribution in [0.1, 0.15) is 31.2 Å². The molecule has 2 heteroatoms. The monoisotopic (exact) mass is 235 g/mol. The number of fused-ring (bicyclic) bond motifs is 2. The average Bonchev–Trinajstić information content (AvgIpc) is 2.92. The lowest BCUT2D eigenvalue weighted by Gasteiger charge is -2.26. The summed E-state index contributed by atoms with van der Waals surface area (Å²) in [6, 6.07) is 4.17. The minimum absolute atomic E-state index is 0.331. The van der Waals surface area contributed by atoms with Crippen molar-refractivity contribution in [3.63, 3.8) is 0 Å². The quantitative estimate of drug-likeness (QED) is 0.729. The van der Waals surface area contributed by atoms with Gasteiger partial charge in [-0.15, -0.1) is 11.6 Å². The van der Waals surface area contributed by atoms with E-state index in [2.05, 4.69) is 17.1 Å². The van der Waals surface area contributed by atoms with E-state index in [4.69, 9.17) is 11.6 Å². The van der Waals surface area contributed by atoms with Crippen molar-refractivity contribution < 1.29 is 0 Å². The van der Waals surface area contributed by atoms with Crippen molar-refractivity contribution in [2.75, 3.05) is 0 Å². The summed E-state index contributed by atoms with van der Waals surface area (Å²) >= 11 is 6.60. The normalized spacial score (nSPS) is 34.2. The highest BCUT2D eigenvalue weighted by Crippen LogP contribution is 2.50. The number of rotatable bonds is 3. The van der Waals surface area contributed by atoms with E-state index in [0.29, 0.717) is 5.38 Å². The Balaban J connectivity index is 1.64. The van der Waals surface area contributed by atoms with Crippen molar-refractivity contribution in [1.29, 1.82) is 0 Å². The maximum atomic E-state index is 6.60. The van der Waals surface area contributed by atoms with Gasteiger partial charge in [0.1, 0.15) is 0 Å². The van der Waals surface area contributed by atoms with Crippen LogP contribution in [-0.2, 0) is 6.42 Å². The van der Waals surface area contributed by atoms with Gasteiger partial charge in [0.2, 0.25) is 0 Å². The molecule has 0 aromatic carbocycles. The van der Waals surface area contributed by atoms with E-state index in [0.717, 1.165) is 24.2 Å². The molecule has 2 saturated carbocycles. The molecule has 1 heterocycles. The molecule has 4 atom stereocenters. The second-order valence-electron chi connectivity index (χ2n) is 5.41. The van der Waals surface area contributed by atoms with Crippen LogP contribution in [0.4, 0.5) is 0 Å². The fourth-order valence-electron chi connectivity index (χ4n) is 3.63. The molecule has 1 aromatic rings. The highest BCUT2D eigenvalue weighted by Gasteiger charge is 2.42. The fourth-order valence-corrected chi connectivity index (χ4v) is 4.12. The Labute approximate surface area is 102 Å². The van der Waals surface area contributed by atoms with Crippen molar-refractivity contribution in [1.82, 2.24) is 4.98 Å². The lowest BCUT2D eigenvalue weighted by molar-refractivity contribution is 0.319. The number of aromatic nitrogens is 1. The van der Waals surface area contributed by atoms with Crippen molar-refractivity contribution in [2.45, 2.75) is 37.5 Å². The van der Waals surface area contributed by atoms with Crippen molar-refractivity contribution in [3.05, 3.63) is 30.1 Å². The van der Waals surface area contributed by atoms with Crippen LogP contribution in [0.3, 0.4) is 0 Å². The van der Waals surface area contributed by atoms with Crippen LogP contribution in [0, 0.1) is 17.8 Å². The highest BCUT2D eigenvalue weighted by atomic mass is 35.5. The predicted octanol–water partition coefficient (Wildman–Crippen LogP) is 3.67. The highest BCUT2D eigenvalue weighted by molar-refractivity contribution is 6.21. The fraction of sp³-hybridized carbons (Fsp3) is 0.643. The first-order chi connectivity index (χ1) is 7.83. The summed E-state index contributed by atoms with van der Waals surface area (Å²) in [7, 11) is 0. The van der Waals surface area contributed by atoms with E-state index in [1.807, 2.05) is 12.4 Å². The molecule has 1 nitrogen and oxygen atoms in total. The Hall–Kier alpha value is -0.560. The standard InChI is InChI=1S/C14H18ClN/c15-14(9-10-3-5-16-6-4-10)13-8-11-1-2-12(13)7-11/h3-6,11-14H,1-2,7-9H2. The van der Waals surface area contributed by atoms with Crippen molar-refractivity contribution in [3.8, 4) is 0 Å². The summed E-state index contributed by atoms with van der Waals surface area (Å²) in [4.78, 5) is 4.05. The molecule has 0 N–H and O–H groups in total. The third kappa shape index (κ3) is 1.98. The Morgan fingerprint density at radius 3 is 2.69 bits per heavy atom. The zero-order valence-electron chi connectivity index (χ0n) is 9.48. The van der Waals surface area contributed by atoms with Gasteiger partial charge in [0, 0.05) is 17.8 Å². The average molecular weight is 236 g/mol. The molecule has 1 aromatic heterocycles. The van der Waals surface area contributed by atoms with Crippen molar-refractivity contribution in [2.24, 2.45) is 17.8 Å². The molecule has 0 amide bonds. The minimum Gasteiger partial charge on any atom is -0.265 e. The minimum atomic E-state index is 0.331. The smallest absolute Gasteiger partial charge is 0.0407 e. The molecule has 3 rings (SSSR count). The Kier molecular flexibility index (Phi) is 2.89. The lowest BCUT2D eigenvalue weighted by Crippen LogP contribution is -2.23. The molecule has 0 aliphatic heterocycles. The van der Waals surface area contributed by atoms with Gasteiger partial charge in [-0.3, -0.25) is 4.98 Å². The first-order valence-corrected chi connectivity index (χ1v) is 6.79. The SMILES string of the molecule is ClC(Cc1ccncc1)C1CC2CCC1C2. The van der Waals surface area contributed by atoms with E-state index in [-0.39, 0.29) is 0 Å². The number of hydrogen-bond donors (Lipinski definition) is 0. The maximum absolute atomic E-state index is 6.60. The molecule has 16 heavy (non-hydrogen) atoms. The van der Waals surface area contributed by atoms with E-state index in [1.165, 1.54) is 31.2 Å². The maximum Gasteiger partial charge on any atom is 0.0407 e. The third-order valence-electron chi connectivity index (χ3n) is 4.44. The largest absolute Gasteiger partial charge is 0.265 e. The number of hydrogen-bond acceptors (Lipinski definition) is 1. The Bertz CT molecular complexity index is 351. The van der Waals surface area contributed by atoms with Gasteiger partial charge in [-0.25, -0.2) is 0 Å². The number of nitrogens with zero attached hydrogens (tertiary/aromatic N) is 1. The first-order valence-electron chi connectivity index (χ1n) is 6.36. The molecule has 2 fully saturated rings. The van der Waals surface area contributed by atoms with Crippen LogP contribution in [0.5, 0.6) is 0 Å². The van der Waals surface area contributed by atoms with E-state index in [9.17, 15) is 0 Å². The van der Waals surface area contributed by atoms with E-state index >= 15 is 0 Å². The van der Waals surface area contributed by atoms with Crippen LogP contribution < -0.4 is 0 Å². The molecular weight excluding hydrogens is 218 g/mol. The summed E-state index contributed by atoms with van der Waals surface area (Å²) in [6.07, 6.45) is 10.4. The summed E-state index contributed by atoms with van der Waals surface area (Å²) in [6.45, 7) is 0. The van der Waals surface area contributed by atoms with E-state index < -0.39 is 0 Å². The first kappa shape index (κ1) is 10.6. The molecule has 0 radical (unpaired) electrons. The number of halogens is 1. The van der Waals surface area contributed by atoms with Crippen LogP contribution in [-0.4, -0.2) is 10.4 Å². The second kappa shape index (κ2) is 4.37. The van der Waals surface area contributed by atoms with Gasteiger partial charge in [0.25, 0.3) is 0 Å². The number of pyridine rings is 1. The topological polar surface area (TPSA) is 12.9 Å². The summed E-state index contributed by atoms with van der Waals surface area (Å²) in [5.41, 5.74) is 1.33. The molecule has 2 aliphatic rings. The zero-order valence-corrected chi connectivity index (χ0v) is 10.2. The summed E-state index contributed by atoms with van der Waals surface area (Å²) < 4.78 is 0. The molecule has 0 spiro atoms. The van der Waals surface area contributed by atoms with Crippen LogP contribution in [0.2, 0.25) is 0 Å². The van der Waals surface area contributed by atoms with Gasteiger partial charge in [-0.2, -0.15) is 0 Å². The Morgan fingerprint density at radius 1 is 1.25 bits per heavy atom. The molecule has 2 aliphatic carbocycles. The van der Waals surface area contributed by atoms with E-state index in [1.54, 1.807) is 0 Å². The molecule has 2 bridgehead atoms. The molecule has 4 unspecified atom stereocenters. The lowest BCUT2D eigenvalue weighted by atomic mass is 9.84. The number of alkyl halides is 1. The van der Waals surface area contributed by atoms with Crippen LogP contribution in [0.15, 0.2) is 24.5 Å². The van der Waals surface area contributed by atoms with Gasteiger partial charge >= 0.3 is 0 Å². The summed E-state index contributed by atoms with van der Waals surface area (Å²) in [5, 5.41) is 0.331. The summed E-state index contributed by atoms with van der Waals surface area (Å²) in [5.74, 6) is 2.69. The van der Waals surface area contributed by atoms with Crippen molar-refractivity contribution >= 4 is 11.6 Å². The molecular formula is C14H18ClN. The van der Waals surface area contributed by atoms with Gasteiger partial charge in [0.05, 0.1) is 0 Å². The van der Waals surface area contributed by atoms with Gasteiger partial charge < -0.3 is 0 Å². The van der Waals surface area contributed by atoms with Gasteiger partial charge in [0.15, 0.2) is 0 Å². The Morgan fingerprint density at radius 2 is 2.06 bits per heavy atom. The molecule has 0 saturated heterocycles. The molecule has 86 valence electrons. The van der Waals surface area contributed by atoms with Crippen LogP contribution >= 0.6 is 11.6 Å². The van der Waals surface area contributed by atoms with Gasteiger partial charge in [-0.05, 0) is 61.1 Å². The van der Waals surface area contributed by atoms with Crippen LogP contribution in [0.25, 0.3) is 0 Å². The second-order valence-corrected chi connectivity index (χ2v) is 5.97. The third-order valence-corrected chi connectivity index (χ3v) is 4.92. The van der Waals surface area contributed by atoms with Gasteiger partial charge in [-0.1, -0.05) is 6.42 Å². The predicted molar refractivity (Wildman–Crippen MR) is 66.5 cm³/mol.